The second kappa shape index (κ2) is 9.39. The second-order valence-corrected chi connectivity index (χ2v) is 4.84. The zero-order valence-corrected chi connectivity index (χ0v) is 11.1. The van der Waals surface area contributed by atoms with Crippen molar-refractivity contribution in [3.63, 3.8) is 0 Å². The van der Waals surface area contributed by atoms with Gasteiger partial charge in [0.25, 0.3) is 0 Å². The molecule has 0 aliphatic carbocycles. The predicted octanol–water partition coefficient (Wildman–Crippen LogP) is 0.121. The lowest BCUT2D eigenvalue weighted by atomic mass is 9.94. The summed E-state index contributed by atoms with van der Waals surface area (Å²) >= 11 is 0. The van der Waals surface area contributed by atoms with E-state index in [-0.39, 0.29) is 24.5 Å². The Morgan fingerprint density at radius 3 is 2.53 bits per heavy atom. The number of carbonyl (C=O) groups is 1. The number of rotatable bonds is 9. The number of hydrogen-bond donors (Lipinski definition) is 3. The van der Waals surface area contributed by atoms with Crippen LogP contribution in [0.1, 0.15) is 26.7 Å². The molecule has 0 heterocycles. The Bertz CT molecular complexity index is 210. The van der Waals surface area contributed by atoms with Crippen LogP contribution in [0.15, 0.2) is 0 Å². The number of amides is 1. The Hall–Kier alpha value is -0.650. The van der Waals surface area contributed by atoms with E-state index in [1.165, 1.54) is 7.11 Å². The molecule has 102 valence electrons. The summed E-state index contributed by atoms with van der Waals surface area (Å²) in [5.74, 6) is 0.665. The fraction of sp³-hybridized carbons (Fsp3) is 0.917. The topological polar surface area (TPSA) is 84.6 Å². The predicted molar refractivity (Wildman–Crippen MR) is 67.5 cm³/mol. The average molecular weight is 246 g/mol. The molecule has 5 heteroatoms. The van der Waals surface area contributed by atoms with Gasteiger partial charge in [0.05, 0.1) is 19.3 Å². The number of aliphatic hydroxyl groups is 1. The van der Waals surface area contributed by atoms with Gasteiger partial charge < -0.3 is 20.9 Å². The molecule has 0 saturated carbocycles. The van der Waals surface area contributed by atoms with Crippen LogP contribution >= 0.6 is 0 Å². The number of hydrogen-bond acceptors (Lipinski definition) is 4. The van der Waals surface area contributed by atoms with Gasteiger partial charge in [-0.05, 0) is 24.8 Å². The number of ether oxygens (including phenoxy) is 1. The third-order valence-corrected chi connectivity index (χ3v) is 2.57. The Morgan fingerprint density at radius 2 is 2.12 bits per heavy atom. The van der Waals surface area contributed by atoms with Gasteiger partial charge in [-0.2, -0.15) is 0 Å². The van der Waals surface area contributed by atoms with E-state index in [1.807, 2.05) is 0 Å². The maximum absolute atomic E-state index is 11.7. The van der Waals surface area contributed by atoms with Crippen molar-refractivity contribution in [1.82, 2.24) is 5.32 Å². The van der Waals surface area contributed by atoms with Crippen LogP contribution in [0, 0.1) is 11.8 Å². The summed E-state index contributed by atoms with van der Waals surface area (Å²) in [6.07, 6.45) is 1.35. The van der Waals surface area contributed by atoms with Crippen molar-refractivity contribution in [3.05, 3.63) is 0 Å². The van der Waals surface area contributed by atoms with E-state index < -0.39 is 0 Å². The molecule has 5 nitrogen and oxygen atoms in total. The van der Waals surface area contributed by atoms with Gasteiger partial charge in [0.1, 0.15) is 0 Å². The molecule has 0 radical (unpaired) electrons. The van der Waals surface area contributed by atoms with Crippen LogP contribution in [-0.2, 0) is 9.53 Å². The van der Waals surface area contributed by atoms with Crippen molar-refractivity contribution in [2.45, 2.75) is 32.7 Å². The fourth-order valence-electron chi connectivity index (χ4n) is 1.82. The van der Waals surface area contributed by atoms with Crippen LogP contribution in [0.25, 0.3) is 0 Å². The Labute approximate surface area is 104 Å². The van der Waals surface area contributed by atoms with E-state index in [0.29, 0.717) is 25.5 Å². The highest BCUT2D eigenvalue weighted by atomic mass is 16.5. The summed E-state index contributed by atoms with van der Waals surface area (Å²) in [6.45, 7) is 4.94. The molecule has 0 aromatic heterocycles. The number of nitrogens with two attached hydrogens (primary N) is 1. The van der Waals surface area contributed by atoms with Gasteiger partial charge >= 0.3 is 0 Å². The van der Waals surface area contributed by atoms with Gasteiger partial charge in [-0.25, -0.2) is 0 Å². The van der Waals surface area contributed by atoms with Crippen molar-refractivity contribution in [1.29, 1.82) is 0 Å². The van der Waals surface area contributed by atoms with Crippen LogP contribution in [0.5, 0.6) is 0 Å². The quantitative estimate of drug-likeness (QED) is 0.539. The third-order valence-electron chi connectivity index (χ3n) is 2.57. The molecular weight excluding hydrogens is 220 g/mol. The van der Waals surface area contributed by atoms with Crippen LogP contribution in [0.3, 0.4) is 0 Å². The lowest BCUT2D eigenvalue weighted by Crippen LogP contribution is -2.41. The number of aliphatic hydroxyl groups excluding tert-OH is 1. The molecule has 2 atom stereocenters. The Kier molecular flexibility index (Phi) is 9.03. The van der Waals surface area contributed by atoms with Crippen molar-refractivity contribution < 1.29 is 14.6 Å². The highest BCUT2D eigenvalue weighted by molar-refractivity contribution is 5.76. The van der Waals surface area contributed by atoms with Crippen molar-refractivity contribution in [3.8, 4) is 0 Å². The van der Waals surface area contributed by atoms with E-state index in [4.69, 9.17) is 15.6 Å². The smallest absolute Gasteiger partial charge is 0.220 e. The van der Waals surface area contributed by atoms with Gasteiger partial charge in [0.2, 0.25) is 5.91 Å². The zero-order chi connectivity index (χ0) is 13.3. The molecule has 1 amide bonds. The van der Waals surface area contributed by atoms with Crippen molar-refractivity contribution in [2.75, 3.05) is 26.9 Å². The molecule has 0 aromatic rings. The van der Waals surface area contributed by atoms with Crippen LogP contribution in [0.4, 0.5) is 0 Å². The Balaban J connectivity index is 4.04. The van der Waals surface area contributed by atoms with Gasteiger partial charge in [-0.15, -0.1) is 0 Å². The van der Waals surface area contributed by atoms with Crippen molar-refractivity contribution >= 4 is 5.91 Å². The minimum atomic E-state index is -0.329. The van der Waals surface area contributed by atoms with E-state index in [0.717, 1.165) is 6.42 Å². The molecule has 4 N–H and O–H groups in total. The van der Waals surface area contributed by atoms with Crippen molar-refractivity contribution in [2.24, 2.45) is 17.6 Å². The minimum Gasteiger partial charge on any atom is -0.394 e. The first-order valence-corrected chi connectivity index (χ1v) is 6.12. The van der Waals surface area contributed by atoms with Gasteiger partial charge in [0, 0.05) is 13.5 Å². The van der Waals surface area contributed by atoms with Gasteiger partial charge in [0.15, 0.2) is 0 Å². The first kappa shape index (κ1) is 16.4. The summed E-state index contributed by atoms with van der Waals surface area (Å²) in [4.78, 5) is 11.7. The summed E-state index contributed by atoms with van der Waals surface area (Å²) in [6, 6.07) is -0.329. The summed E-state index contributed by atoms with van der Waals surface area (Å²) in [7, 11) is 1.54. The highest BCUT2D eigenvalue weighted by Gasteiger charge is 2.16. The van der Waals surface area contributed by atoms with Crippen LogP contribution in [-0.4, -0.2) is 43.9 Å². The summed E-state index contributed by atoms with van der Waals surface area (Å²) in [5, 5.41) is 11.8. The van der Waals surface area contributed by atoms with Crippen LogP contribution in [0.2, 0.25) is 0 Å². The molecule has 0 spiro atoms. The molecule has 0 saturated heterocycles. The standard InChI is InChI=1S/C12H26N2O3/c1-9(2)4-10(6-13)5-12(16)14-11(7-15)8-17-3/h9-11,15H,4-8,13H2,1-3H3,(H,14,16). The highest BCUT2D eigenvalue weighted by Crippen LogP contribution is 2.14. The molecule has 2 unspecified atom stereocenters. The summed E-state index contributed by atoms with van der Waals surface area (Å²) in [5.41, 5.74) is 5.64. The van der Waals surface area contributed by atoms with Gasteiger partial charge in [-0.3, -0.25) is 4.79 Å². The lowest BCUT2D eigenvalue weighted by molar-refractivity contribution is -0.123. The van der Waals surface area contributed by atoms with E-state index in [2.05, 4.69) is 19.2 Å². The SMILES string of the molecule is COCC(CO)NC(=O)CC(CN)CC(C)C. The zero-order valence-electron chi connectivity index (χ0n) is 11.1. The normalized spacial score (nSPS) is 14.7. The first-order chi connectivity index (χ1) is 8.03. The molecule has 0 aromatic carbocycles. The van der Waals surface area contributed by atoms with Crippen LogP contribution < -0.4 is 11.1 Å². The van der Waals surface area contributed by atoms with Gasteiger partial charge in [-0.1, -0.05) is 13.8 Å². The average Bonchev–Trinajstić information content (AvgIpc) is 2.26. The van der Waals surface area contributed by atoms with E-state index in [1.54, 1.807) is 0 Å². The number of nitrogens with one attached hydrogen (secondary N) is 1. The monoisotopic (exact) mass is 246 g/mol. The maximum Gasteiger partial charge on any atom is 0.220 e. The summed E-state index contributed by atoms with van der Waals surface area (Å²) < 4.78 is 4.89. The second-order valence-electron chi connectivity index (χ2n) is 4.84. The lowest BCUT2D eigenvalue weighted by Gasteiger charge is -2.19. The molecule has 0 aliphatic rings. The first-order valence-electron chi connectivity index (χ1n) is 6.12. The minimum absolute atomic E-state index is 0.0720. The third kappa shape index (κ3) is 8.12. The molecular formula is C12H26N2O3. The van der Waals surface area contributed by atoms with E-state index >= 15 is 0 Å². The maximum atomic E-state index is 11.7. The van der Waals surface area contributed by atoms with E-state index in [9.17, 15) is 4.79 Å². The number of methoxy groups -OCH3 is 1. The molecule has 17 heavy (non-hydrogen) atoms. The fourth-order valence-corrected chi connectivity index (χ4v) is 1.82. The molecule has 0 fully saturated rings. The molecule has 0 aliphatic heterocycles. The molecule has 0 bridgehead atoms. The largest absolute Gasteiger partial charge is 0.394 e. The Morgan fingerprint density at radius 1 is 1.47 bits per heavy atom. The molecule has 0 rings (SSSR count). The number of carbonyl (C=O) groups excluding carboxylic acids is 1.